The van der Waals surface area contributed by atoms with Crippen LogP contribution in [0.4, 0.5) is 4.39 Å². The van der Waals surface area contributed by atoms with E-state index < -0.39 is 5.54 Å². The minimum atomic E-state index is -0.769. The van der Waals surface area contributed by atoms with Gasteiger partial charge in [-0.15, -0.1) is 0 Å². The van der Waals surface area contributed by atoms with E-state index in [-0.39, 0.29) is 17.8 Å². The van der Waals surface area contributed by atoms with Crippen molar-refractivity contribution < 1.29 is 13.9 Å². The van der Waals surface area contributed by atoms with Gasteiger partial charge in [0, 0.05) is 12.6 Å². The second-order valence-corrected chi connectivity index (χ2v) is 10.5. The van der Waals surface area contributed by atoms with Gasteiger partial charge in [-0.1, -0.05) is 51.7 Å². The molecule has 0 N–H and O–H groups in total. The molecule has 3 unspecified atom stereocenters. The van der Waals surface area contributed by atoms with E-state index in [9.17, 15) is 9.18 Å². The van der Waals surface area contributed by atoms with Crippen molar-refractivity contribution in [3.63, 3.8) is 0 Å². The van der Waals surface area contributed by atoms with Gasteiger partial charge < -0.3 is 14.5 Å². The second kappa shape index (κ2) is 12.1. The first-order valence-electron chi connectivity index (χ1n) is 13.2. The van der Waals surface area contributed by atoms with Crippen LogP contribution in [0.2, 0.25) is 0 Å². The third-order valence-electron chi connectivity index (χ3n) is 7.99. The molecular formula is C28H44FN3O2. The summed E-state index contributed by atoms with van der Waals surface area (Å²) in [6.07, 6.45) is 11.3. The first kappa shape index (κ1) is 26.7. The highest BCUT2D eigenvalue weighted by Gasteiger charge is 2.52. The molecular weight excluding hydrogens is 429 g/mol. The zero-order chi connectivity index (χ0) is 24.7. The Morgan fingerprint density at radius 2 is 1.85 bits per heavy atom. The summed E-state index contributed by atoms with van der Waals surface area (Å²) in [5.74, 6) is 0.752. The molecule has 0 saturated heterocycles. The molecule has 0 aromatic heterocycles. The maximum atomic E-state index is 13.5. The van der Waals surface area contributed by atoms with Gasteiger partial charge in [0.05, 0.1) is 19.5 Å². The van der Waals surface area contributed by atoms with E-state index in [1.54, 1.807) is 12.1 Å². The molecule has 0 bridgehead atoms. The van der Waals surface area contributed by atoms with Crippen molar-refractivity contribution in [1.29, 1.82) is 0 Å². The molecule has 0 radical (unpaired) electrons. The molecule has 1 saturated carbocycles. The summed E-state index contributed by atoms with van der Waals surface area (Å²) in [6.45, 7) is 5.26. The number of hydrogen-bond donors (Lipinski definition) is 0. The number of rotatable bonds is 11. The molecule has 3 atom stereocenters. The lowest BCUT2D eigenvalue weighted by molar-refractivity contribution is -0.149. The average molecular weight is 474 g/mol. The maximum absolute atomic E-state index is 13.5. The van der Waals surface area contributed by atoms with Crippen molar-refractivity contribution in [3.8, 4) is 0 Å². The van der Waals surface area contributed by atoms with E-state index in [0.717, 1.165) is 64.3 Å². The number of halogens is 1. The van der Waals surface area contributed by atoms with Crippen molar-refractivity contribution in [2.45, 2.75) is 89.3 Å². The van der Waals surface area contributed by atoms with E-state index in [1.807, 2.05) is 18.5 Å². The second-order valence-electron chi connectivity index (χ2n) is 10.5. The quantitative estimate of drug-likeness (QED) is 0.378. The molecule has 0 spiro atoms. The first-order valence-corrected chi connectivity index (χ1v) is 13.2. The fourth-order valence-electron chi connectivity index (χ4n) is 6.29. The highest BCUT2D eigenvalue weighted by Crippen LogP contribution is 2.43. The molecule has 5 nitrogen and oxygen atoms in total. The van der Waals surface area contributed by atoms with Gasteiger partial charge in [-0.2, -0.15) is 0 Å². The molecule has 1 fully saturated rings. The third kappa shape index (κ3) is 5.81. The number of ether oxygens (including phenoxy) is 1. The molecule has 1 heterocycles. The van der Waals surface area contributed by atoms with E-state index in [4.69, 9.17) is 9.73 Å². The van der Waals surface area contributed by atoms with E-state index >= 15 is 0 Å². The first-order chi connectivity index (χ1) is 16.4. The summed E-state index contributed by atoms with van der Waals surface area (Å²) in [6, 6.07) is 7.39. The third-order valence-corrected chi connectivity index (χ3v) is 7.99. The van der Waals surface area contributed by atoms with Gasteiger partial charge in [-0.05, 0) is 75.7 Å². The number of nitrogens with zero attached hydrogens (tertiary/aromatic N) is 3. The number of benzene rings is 1. The molecule has 34 heavy (non-hydrogen) atoms. The number of methoxy groups -OCH3 is 1. The van der Waals surface area contributed by atoms with Crippen LogP contribution in [0.1, 0.15) is 83.2 Å². The van der Waals surface area contributed by atoms with Crippen molar-refractivity contribution in [1.82, 2.24) is 9.80 Å². The average Bonchev–Trinajstić information content (AvgIpc) is 3.17. The molecule has 190 valence electrons. The van der Waals surface area contributed by atoms with Crippen LogP contribution in [0.15, 0.2) is 29.3 Å². The maximum Gasteiger partial charge on any atom is 0.335 e. The van der Waals surface area contributed by atoms with Crippen LogP contribution in [-0.4, -0.2) is 61.4 Å². The van der Waals surface area contributed by atoms with Crippen LogP contribution in [0, 0.1) is 17.7 Å². The van der Waals surface area contributed by atoms with E-state index in [0.29, 0.717) is 17.9 Å². The summed E-state index contributed by atoms with van der Waals surface area (Å²) < 4.78 is 18.8. The van der Waals surface area contributed by atoms with E-state index in [2.05, 4.69) is 37.7 Å². The molecule has 2 aliphatic rings. The zero-order valence-corrected chi connectivity index (χ0v) is 21.8. The lowest BCUT2D eigenvalue weighted by atomic mass is 9.72. The number of carbonyl (C=O) groups is 1. The predicted molar refractivity (Wildman–Crippen MR) is 136 cm³/mol. The normalized spacial score (nSPS) is 27.9. The fourth-order valence-corrected chi connectivity index (χ4v) is 6.29. The van der Waals surface area contributed by atoms with E-state index in [1.165, 1.54) is 12.7 Å². The Kier molecular flexibility index (Phi) is 9.52. The van der Waals surface area contributed by atoms with Gasteiger partial charge in [-0.3, -0.25) is 4.99 Å². The smallest absolute Gasteiger partial charge is 0.335 e. The summed E-state index contributed by atoms with van der Waals surface area (Å²) >= 11 is 0. The summed E-state index contributed by atoms with van der Waals surface area (Å²) in [5.41, 5.74) is 0.423. The van der Waals surface area contributed by atoms with Crippen molar-refractivity contribution >= 4 is 12.3 Å². The largest absolute Gasteiger partial charge is 0.467 e. The van der Waals surface area contributed by atoms with Gasteiger partial charge in [0.2, 0.25) is 0 Å². The Hall–Kier alpha value is -1.95. The number of hydrogen-bond acceptors (Lipinski definition) is 5. The fraction of sp³-hybridized carbons (Fsp3) is 0.714. The Balaban J connectivity index is 1.71. The Morgan fingerprint density at radius 1 is 1.18 bits per heavy atom. The van der Waals surface area contributed by atoms with Crippen molar-refractivity contribution in [2.75, 3.05) is 27.7 Å². The van der Waals surface area contributed by atoms with Gasteiger partial charge in [0.25, 0.3) is 0 Å². The van der Waals surface area contributed by atoms with Gasteiger partial charge in [0.1, 0.15) is 5.82 Å². The lowest BCUT2D eigenvalue weighted by Crippen LogP contribution is -2.52. The Labute approximate surface area is 205 Å². The van der Waals surface area contributed by atoms with Crippen LogP contribution in [0.5, 0.6) is 0 Å². The topological polar surface area (TPSA) is 45.1 Å². The van der Waals surface area contributed by atoms with Crippen LogP contribution < -0.4 is 0 Å². The standard InChI is InChI=1S/C28H44FN3O2/c1-6-8-18-32-20-30-28(17-7-2,27(33)34-5)25(32)19-21-9-11-22(12-10-21)26(31(3)4)23-13-15-24(29)16-14-23/h13-16,20-22,25-26H,6-12,17-19H2,1-5H3. The monoisotopic (exact) mass is 473 g/mol. The molecule has 0 amide bonds. The van der Waals surface area contributed by atoms with Crippen LogP contribution in [0.3, 0.4) is 0 Å². The van der Waals surface area contributed by atoms with Crippen LogP contribution in [-0.2, 0) is 9.53 Å². The Bertz CT molecular complexity index is 804. The van der Waals surface area contributed by atoms with Gasteiger partial charge in [-0.25, -0.2) is 9.18 Å². The van der Waals surface area contributed by atoms with Crippen LogP contribution in [0.25, 0.3) is 0 Å². The summed E-state index contributed by atoms with van der Waals surface area (Å²) in [7, 11) is 5.73. The minimum absolute atomic E-state index is 0.0785. The molecule has 1 aromatic rings. The summed E-state index contributed by atoms with van der Waals surface area (Å²) in [5, 5.41) is 0. The minimum Gasteiger partial charge on any atom is -0.467 e. The molecule has 3 rings (SSSR count). The SMILES string of the molecule is CCCCN1C=NC(CCC)(C(=O)OC)C1CC1CCC(C(c2ccc(F)cc2)N(C)C)CC1. The highest BCUT2D eigenvalue weighted by atomic mass is 19.1. The van der Waals surface area contributed by atoms with Gasteiger partial charge in [0.15, 0.2) is 5.54 Å². The molecule has 6 heteroatoms. The zero-order valence-electron chi connectivity index (χ0n) is 21.8. The van der Waals surface area contributed by atoms with Crippen LogP contribution >= 0.6 is 0 Å². The highest BCUT2D eigenvalue weighted by molar-refractivity contribution is 5.86. The summed E-state index contributed by atoms with van der Waals surface area (Å²) in [4.78, 5) is 22.4. The van der Waals surface area contributed by atoms with Crippen molar-refractivity contribution in [2.24, 2.45) is 16.8 Å². The number of esters is 1. The van der Waals surface area contributed by atoms with Gasteiger partial charge >= 0.3 is 5.97 Å². The predicted octanol–water partition coefficient (Wildman–Crippen LogP) is 5.85. The number of unbranched alkanes of at least 4 members (excludes halogenated alkanes) is 1. The molecule has 1 aromatic carbocycles. The molecule has 1 aliphatic carbocycles. The molecule has 1 aliphatic heterocycles. The number of carbonyl (C=O) groups excluding carboxylic acids is 1. The Morgan fingerprint density at radius 3 is 2.41 bits per heavy atom. The van der Waals surface area contributed by atoms with Crippen molar-refractivity contribution in [3.05, 3.63) is 35.6 Å². The lowest BCUT2D eigenvalue weighted by Gasteiger charge is -2.41. The number of aliphatic imine (C=N–C) groups is 1.